The van der Waals surface area contributed by atoms with Crippen LogP contribution in [-0.4, -0.2) is 20.6 Å². The molecular weight excluding hydrogens is 354 g/mol. The second-order valence-electron chi connectivity index (χ2n) is 6.48. The Kier molecular flexibility index (Phi) is 6.25. The van der Waals surface area contributed by atoms with E-state index in [1.54, 1.807) is 39.0 Å². The van der Waals surface area contributed by atoms with Crippen LogP contribution in [0.5, 0.6) is 5.75 Å². The first-order valence-electron chi connectivity index (χ1n) is 6.97. The van der Waals surface area contributed by atoms with Crippen LogP contribution in [0.25, 0.3) is 0 Å². The molecular formula is C15H24BrNO3S. The standard InChI is InChI=1S/C15H24BrNO3S/c1-11(2)8-9-20-12-6-7-13(16)14(10-12)21(18,19)17-15(3,4)5/h6-7,10-11,17H,8-9H2,1-5H3. The zero-order valence-electron chi connectivity index (χ0n) is 13.2. The monoisotopic (exact) mass is 377 g/mol. The molecule has 120 valence electrons. The van der Waals surface area contributed by atoms with Crippen LogP contribution in [0.3, 0.4) is 0 Å². The van der Waals surface area contributed by atoms with Gasteiger partial charge in [0.25, 0.3) is 0 Å². The normalized spacial score (nSPS) is 12.7. The third kappa shape index (κ3) is 6.36. The number of ether oxygens (including phenoxy) is 1. The molecule has 0 spiro atoms. The topological polar surface area (TPSA) is 55.4 Å². The summed E-state index contributed by atoms with van der Waals surface area (Å²) in [6.07, 6.45) is 0.929. The Hall–Kier alpha value is -0.590. The smallest absolute Gasteiger partial charge is 0.242 e. The van der Waals surface area contributed by atoms with E-state index in [2.05, 4.69) is 34.5 Å². The molecule has 0 amide bonds. The summed E-state index contributed by atoms with van der Waals surface area (Å²) < 4.78 is 33.6. The van der Waals surface area contributed by atoms with Gasteiger partial charge in [0.2, 0.25) is 10.0 Å². The number of halogens is 1. The molecule has 0 radical (unpaired) electrons. The van der Waals surface area contributed by atoms with E-state index in [1.807, 2.05) is 0 Å². The molecule has 0 fully saturated rings. The second kappa shape index (κ2) is 7.11. The Bertz CT molecular complexity index is 577. The first-order chi connectivity index (χ1) is 9.51. The number of hydrogen-bond acceptors (Lipinski definition) is 3. The maximum absolute atomic E-state index is 12.4. The van der Waals surface area contributed by atoms with Crippen LogP contribution in [0.4, 0.5) is 0 Å². The quantitative estimate of drug-likeness (QED) is 0.816. The molecule has 1 aromatic rings. The van der Waals surface area contributed by atoms with Gasteiger partial charge < -0.3 is 4.74 Å². The Labute approximate surface area is 136 Å². The van der Waals surface area contributed by atoms with Crippen LogP contribution < -0.4 is 9.46 Å². The average Bonchev–Trinajstić information content (AvgIpc) is 2.27. The second-order valence-corrected chi connectivity index (χ2v) is 8.98. The van der Waals surface area contributed by atoms with Gasteiger partial charge in [-0.3, -0.25) is 0 Å². The van der Waals surface area contributed by atoms with Gasteiger partial charge in [-0.1, -0.05) is 13.8 Å². The lowest BCUT2D eigenvalue weighted by molar-refractivity contribution is 0.288. The van der Waals surface area contributed by atoms with Crippen molar-refractivity contribution < 1.29 is 13.2 Å². The SMILES string of the molecule is CC(C)CCOc1ccc(Br)c(S(=O)(=O)NC(C)(C)C)c1. The Balaban J connectivity index is 2.97. The molecule has 1 aromatic carbocycles. The molecule has 0 aliphatic rings. The highest BCUT2D eigenvalue weighted by Gasteiger charge is 2.24. The van der Waals surface area contributed by atoms with E-state index in [1.165, 1.54) is 0 Å². The molecule has 0 saturated carbocycles. The number of nitrogens with one attached hydrogen (secondary N) is 1. The largest absolute Gasteiger partial charge is 0.494 e. The fraction of sp³-hybridized carbons (Fsp3) is 0.600. The summed E-state index contributed by atoms with van der Waals surface area (Å²) in [5.74, 6) is 1.11. The summed E-state index contributed by atoms with van der Waals surface area (Å²) in [5.41, 5.74) is -0.535. The van der Waals surface area contributed by atoms with Gasteiger partial charge in [0.1, 0.15) is 5.75 Å². The van der Waals surface area contributed by atoms with Crippen LogP contribution in [-0.2, 0) is 10.0 Å². The summed E-state index contributed by atoms with van der Waals surface area (Å²) in [6.45, 7) is 10.2. The van der Waals surface area contributed by atoms with Gasteiger partial charge in [0.15, 0.2) is 0 Å². The lowest BCUT2D eigenvalue weighted by atomic mass is 10.1. The zero-order chi connectivity index (χ0) is 16.3. The van der Waals surface area contributed by atoms with Gasteiger partial charge in [-0.05, 0) is 61.2 Å². The maximum Gasteiger partial charge on any atom is 0.242 e. The highest BCUT2D eigenvalue weighted by molar-refractivity contribution is 9.10. The van der Waals surface area contributed by atoms with Gasteiger partial charge in [-0.25, -0.2) is 13.1 Å². The Morgan fingerprint density at radius 1 is 1.29 bits per heavy atom. The molecule has 6 heteroatoms. The van der Waals surface area contributed by atoms with Crippen molar-refractivity contribution >= 4 is 26.0 Å². The van der Waals surface area contributed by atoms with Crippen molar-refractivity contribution in [3.63, 3.8) is 0 Å². The average molecular weight is 378 g/mol. The lowest BCUT2D eigenvalue weighted by Crippen LogP contribution is -2.40. The fourth-order valence-corrected chi connectivity index (χ4v) is 4.05. The molecule has 0 bridgehead atoms. The molecule has 0 aliphatic carbocycles. The summed E-state index contributed by atoms with van der Waals surface area (Å²) in [5, 5.41) is 0. The van der Waals surface area contributed by atoms with Gasteiger partial charge >= 0.3 is 0 Å². The third-order valence-corrected chi connectivity index (χ3v) is 5.35. The van der Waals surface area contributed by atoms with E-state index in [0.717, 1.165) is 6.42 Å². The van der Waals surface area contributed by atoms with Gasteiger partial charge in [0, 0.05) is 16.1 Å². The zero-order valence-corrected chi connectivity index (χ0v) is 15.6. The van der Waals surface area contributed by atoms with Crippen molar-refractivity contribution in [2.75, 3.05) is 6.61 Å². The molecule has 0 saturated heterocycles. The van der Waals surface area contributed by atoms with E-state index in [4.69, 9.17) is 4.74 Å². The van der Waals surface area contributed by atoms with Crippen LogP contribution in [0.1, 0.15) is 41.0 Å². The number of sulfonamides is 1. The number of rotatable bonds is 6. The van der Waals surface area contributed by atoms with E-state index in [0.29, 0.717) is 22.7 Å². The summed E-state index contributed by atoms with van der Waals surface area (Å²) >= 11 is 3.29. The first kappa shape index (κ1) is 18.5. The van der Waals surface area contributed by atoms with Crippen molar-refractivity contribution in [2.24, 2.45) is 5.92 Å². The summed E-state index contributed by atoms with van der Waals surface area (Å²) in [7, 11) is -3.59. The molecule has 21 heavy (non-hydrogen) atoms. The summed E-state index contributed by atoms with van der Waals surface area (Å²) in [6, 6.07) is 5.01. The van der Waals surface area contributed by atoms with Crippen LogP contribution >= 0.6 is 15.9 Å². The molecule has 1 rings (SSSR count). The van der Waals surface area contributed by atoms with Crippen LogP contribution in [0, 0.1) is 5.92 Å². The van der Waals surface area contributed by atoms with E-state index in [9.17, 15) is 8.42 Å². The van der Waals surface area contributed by atoms with Crippen molar-refractivity contribution in [1.29, 1.82) is 0 Å². The fourth-order valence-electron chi connectivity index (χ4n) is 1.65. The van der Waals surface area contributed by atoms with Crippen molar-refractivity contribution in [1.82, 2.24) is 4.72 Å². The van der Waals surface area contributed by atoms with Gasteiger partial charge in [0.05, 0.1) is 11.5 Å². The van der Waals surface area contributed by atoms with Crippen molar-refractivity contribution in [3.8, 4) is 5.75 Å². The van der Waals surface area contributed by atoms with Crippen molar-refractivity contribution in [3.05, 3.63) is 22.7 Å². The minimum atomic E-state index is -3.59. The number of hydrogen-bond donors (Lipinski definition) is 1. The van der Waals surface area contributed by atoms with Crippen molar-refractivity contribution in [2.45, 2.75) is 51.5 Å². The predicted octanol–water partition coefficient (Wildman–Crippen LogP) is 3.95. The molecule has 0 heterocycles. The van der Waals surface area contributed by atoms with Gasteiger partial charge in [-0.15, -0.1) is 0 Å². The molecule has 0 unspecified atom stereocenters. The molecule has 0 aromatic heterocycles. The Morgan fingerprint density at radius 2 is 1.90 bits per heavy atom. The first-order valence-corrected chi connectivity index (χ1v) is 9.25. The summed E-state index contributed by atoms with van der Waals surface area (Å²) in [4.78, 5) is 0.194. The highest BCUT2D eigenvalue weighted by atomic mass is 79.9. The minimum Gasteiger partial charge on any atom is -0.494 e. The minimum absolute atomic E-state index is 0.194. The Morgan fingerprint density at radius 3 is 2.43 bits per heavy atom. The van der Waals surface area contributed by atoms with Gasteiger partial charge in [-0.2, -0.15) is 0 Å². The molecule has 1 N–H and O–H groups in total. The van der Waals surface area contributed by atoms with E-state index >= 15 is 0 Å². The third-order valence-electron chi connectivity index (χ3n) is 2.60. The highest BCUT2D eigenvalue weighted by Crippen LogP contribution is 2.27. The predicted molar refractivity (Wildman–Crippen MR) is 89.2 cm³/mol. The van der Waals surface area contributed by atoms with E-state index < -0.39 is 15.6 Å². The van der Waals surface area contributed by atoms with Crippen LogP contribution in [0.15, 0.2) is 27.6 Å². The molecule has 4 nitrogen and oxygen atoms in total. The molecule has 0 atom stereocenters. The number of benzene rings is 1. The van der Waals surface area contributed by atoms with E-state index in [-0.39, 0.29) is 4.90 Å². The molecule has 0 aliphatic heterocycles. The van der Waals surface area contributed by atoms with Crippen LogP contribution in [0.2, 0.25) is 0 Å². The lowest BCUT2D eigenvalue weighted by Gasteiger charge is -2.21. The maximum atomic E-state index is 12.4.